The minimum absolute atomic E-state index is 0.0497. The molecule has 0 amide bonds. The van der Waals surface area contributed by atoms with Crippen molar-refractivity contribution in [2.45, 2.75) is 51.9 Å². The van der Waals surface area contributed by atoms with E-state index in [4.69, 9.17) is 0 Å². The number of aliphatic hydroxyl groups is 1. The third-order valence-corrected chi connectivity index (χ3v) is 4.12. The second-order valence-electron chi connectivity index (χ2n) is 5.72. The van der Waals surface area contributed by atoms with Crippen molar-refractivity contribution in [3.63, 3.8) is 0 Å². The van der Waals surface area contributed by atoms with Gasteiger partial charge in [-0.25, -0.2) is 9.97 Å². The number of aryl methyl sites for hydroxylation is 1. The van der Waals surface area contributed by atoms with Crippen LogP contribution in [0.5, 0.6) is 0 Å². The lowest BCUT2D eigenvalue weighted by Crippen LogP contribution is -2.35. The summed E-state index contributed by atoms with van der Waals surface area (Å²) in [4.78, 5) is 8.53. The van der Waals surface area contributed by atoms with Crippen LogP contribution in [0.2, 0.25) is 0 Å². The highest BCUT2D eigenvalue weighted by atomic mass is 16.3. The first-order valence-electron chi connectivity index (χ1n) is 7.44. The number of hydrogen-bond donors (Lipinski definition) is 2. The first-order chi connectivity index (χ1) is 9.28. The molecule has 4 heteroatoms. The smallest absolute Gasteiger partial charge is 0.129 e. The maximum absolute atomic E-state index is 9.69. The van der Waals surface area contributed by atoms with Gasteiger partial charge in [0.1, 0.15) is 12.1 Å². The Labute approximate surface area is 115 Å². The lowest BCUT2D eigenvalue weighted by Gasteiger charge is -2.35. The maximum atomic E-state index is 9.69. The van der Waals surface area contributed by atoms with Crippen LogP contribution in [0.25, 0.3) is 0 Å². The van der Waals surface area contributed by atoms with Gasteiger partial charge in [0, 0.05) is 23.7 Å². The van der Waals surface area contributed by atoms with E-state index in [9.17, 15) is 5.11 Å². The van der Waals surface area contributed by atoms with Crippen LogP contribution in [-0.2, 0) is 6.42 Å². The monoisotopic (exact) mass is 263 g/mol. The Kier molecular flexibility index (Phi) is 5.14. The first-order valence-corrected chi connectivity index (χ1v) is 7.44. The molecule has 0 atom stereocenters. The third kappa shape index (κ3) is 3.90. The van der Waals surface area contributed by atoms with Crippen LogP contribution in [0.3, 0.4) is 0 Å². The SMILES string of the molecule is CCCc1cc(NCC2(CO)CCCCC2)ncn1. The summed E-state index contributed by atoms with van der Waals surface area (Å²) in [5, 5.41) is 13.1. The van der Waals surface area contributed by atoms with E-state index >= 15 is 0 Å². The number of nitrogens with zero attached hydrogens (tertiary/aromatic N) is 2. The minimum atomic E-state index is 0.0497. The Hall–Kier alpha value is -1.16. The zero-order valence-corrected chi connectivity index (χ0v) is 11.9. The second kappa shape index (κ2) is 6.85. The second-order valence-corrected chi connectivity index (χ2v) is 5.72. The lowest BCUT2D eigenvalue weighted by molar-refractivity contribution is 0.0943. The molecular weight excluding hydrogens is 238 g/mol. The largest absolute Gasteiger partial charge is 0.396 e. The highest BCUT2D eigenvalue weighted by Gasteiger charge is 2.31. The molecule has 106 valence electrons. The predicted octanol–water partition coefficient (Wildman–Crippen LogP) is 2.78. The van der Waals surface area contributed by atoms with Crippen LogP contribution in [0.4, 0.5) is 5.82 Å². The normalized spacial score (nSPS) is 18.2. The molecule has 0 unspecified atom stereocenters. The number of rotatable bonds is 6. The Morgan fingerprint density at radius 2 is 2.05 bits per heavy atom. The molecule has 0 spiro atoms. The van der Waals surface area contributed by atoms with Crippen LogP contribution >= 0.6 is 0 Å². The standard InChI is InChI=1S/C15H25N3O/c1-2-6-13-9-14(18-12-17-13)16-10-15(11-19)7-4-3-5-8-15/h9,12,19H,2-8,10-11H2,1H3,(H,16,17,18). The summed E-state index contributed by atoms with van der Waals surface area (Å²) >= 11 is 0. The van der Waals surface area contributed by atoms with Crippen molar-refractivity contribution < 1.29 is 5.11 Å². The fraction of sp³-hybridized carbons (Fsp3) is 0.733. The van der Waals surface area contributed by atoms with Crippen molar-refractivity contribution in [1.82, 2.24) is 9.97 Å². The summed E-state index contributed by atoms with van der Waals surface area (Å²) in [6.07, 6.45) is 9.70. The van der Waals surface area contributed by atoms with Gasteiger partial charge in [-0.05, 0) is 19.3 Å². The van der Waals surface area contributed by atoms with Gasteiger partial charge in [0.05, 0.1) is 6.61 Å². The van der Waals surface area contributed by atoms with E-state index in [0.717, 1.165) is 43.7 Å². The van der Waals surface area contributed by atoms with Crippen molar-refractivity contribution in [2.75, 3.05) is 18.5 Å². The number of aromatic nitrogens is 2. The van der Waals surface area contributed by atoms with Crippen molar-refractivity contribution in [3.8, 4) is 0 Å². The molecular formula is C15H25N3O. The fourth-order valence-electron chi connectivity index (χ4n) is 2.86. The molecule has 0 aromatic carbocycles. The van der Waals surface area contributed by atoms with Gasteiger partial charge in [0.25, 0.3) is 0 Å². The molecule has 1 aliphatic rings. The van der Waals surface area contributed by atoms with Crippen molar-refractivity contribution in [2.24, 2.45) is 5.41 Å². The number of aliphatic hydroxyl groups excluding tert-OH is 1. The summed E-state index contributed by atoms with van der Waals surface area (Å²) in [6, 6.07) is 2.03. The molecule has 1 saturated carbocycles. The molecule has 4 nitrogen and oxygen atoms in total. The fourth-order valence-corrected chi connectivity index (χ4v) is 2.86. The molecule has 0 aliphatic heterocycles. The Balaban J connectivity index is 1.94. The number of hydrogen-bond acceptors (Lipinski definition) is 4. The quantitative estimate of drug-likeness (QED) is 0.828. The molecule has 1 fully saturated rings. The van der Waals surface area contributed by atoms with Gasteiger partial charge >= 0.3 is 0 Å². The van der Waals surface area contributed by atoms with Gasteiger partial charge in [0.2, 0.25) is 0 Å². The van der Waals surface area contributed by atoms with E-state index in [1.54, 1.807) is 6.33 Å². The van der Waals surface area contributed by atoms with Crippen molar-refractivity contribution in [1.29, 1.82) is 0 Å². The minimum Gasteiger partial charge on any atom is -0.396 e. The molecule has 0 radical (unpaired) electrons. The molecule has 1 aromatic rings. The zero-order chi connectivity index (χ0) is 13.6. The van der Waals surface area contributed by atoms with Gasteiger partial charge in [-0.2, -0.15) is 0 Å². The molecule has 19 heavy (non-hydrogen) atoms. The summed E-state index contributed by atoms with van der Waals surface area (Å²) < 4.78 is 0. The average Bonchev–Trinajstić information content (AvgIpc) is 2.47. The Bertz CT molecular complexity index is 389. The van der Waals surface area contributed by atoms with Gasteiger partial charge in [-0.1, -0.05) is 32.6 Å². The van der Waals surface area contributed by atoms with Gasteiger partial charge < -0.3 is 10.4 Å². The molecule has 2 rings (SSSR count). The summed E-state index contributed by atoms with van der Waals surface area (Å²) in [5.74, 6) is 0.886. The average molecular weight is 263 g/mol. The zero-order valence-electron chi connectivity index (χ0n) is 11.9. The molecule has 1 aromatic heterocycles. The molecule has 2 N–H and O–H groups in total. The van der Waals surface area contributed by atoms with E-state index in [-0.39, 0.29) is 12.0 Å². The van der Waals surface area contributed by atoms with E-state index < -0.39 is 0 Å². The summed E-state index contributed by atoms with van der Waals surface area (Å²) in [7, 11) is 0. The Morgan fingerprint density at radius 1 is 1.26 bits per heavy atom. The van der Waals surface area contributed by atoms with Crippen LogP contribution in [-0.4, -0.2) is 28.2 Å². The van der Waals surface area contributed by atoms with E-state index in [2.05, 4.69) is 22.2 Å². The van der Waals surface area contributed by atoms with Crippen LogP contribution in [0, 0.1) is 5.41 Å². The van der Waals surface area contributed by atoms with Gasteiger partial charge in [-0.15, -0.1) is 0 Å². The van der Waals surface area contributed by atoms with E-state index in [1.165, 1.54) is 19.3 Å². The molecule has 0 bridgehead atoms. The van der Waals surface area contributed by atoms with Crippen LogP contribution in [0.15, 0.2) is 12.4 Å². The van der Waals surface area contributed by atoms with Crippen molar-refractivity contribution >= 4 is 5.82 Å². The predicted molar refractivity (Wildman–Crippen MR) is 77.1 cm³/mol. The highest BCUT2D eigenvalue weighted by molar-refractivity contribution is 5.35. The third-order valence-electron chi connectivity index (χ3n) is 4.12. The van der Waals surface area contributed by atoms with E-state index in [1.807, 2.05) is 6.07 Å². The summed E-state index contributed by atoms with van der Waals surface area (Å²) in [5.41, 5.74) is 1.13. The van der Waals surface area contributed by atoms with Crippen molar-refractivity contribution in [3.05, 3.63) is 18.1 Å². The van der Waals surface area contributed by atoms with Gasteiger partial charge in [-0.3, -0.25) is 0 Å². The number of nitrogens with one attached hydrogen (secondary N) is 1. The number of anilines is 1. The topological polar surface area (TPSA) is 58.0 Å². The van der Waals surface area contributed by atoms with E-state index in [0.29, 0.717) is 0 Å². The lowest BCUT2D eigenvalue weighted by atomic mass is 9.74. The highest BCUT2D eigenvalue weighted by Crippen LogP contribution is 2.35. The first kappa shape index (κ1) is 14.3. The molecule has 1 heterocycles. The van der Waals surface area contributed by atoms with Gasteiger partial charge in [0.15, 0.2) is 0 Å². The maximum Gasteiger partial charge on any atom is 0.129 e. The summed E-state index contributed by atoms with van der Waals surface area (Å²) in [6.45, 7) is 3.23. The van der Waals surface area contributed by atoms with Crippen LogP contribution in [0.1, 0.15) is 51.1 Å². The molecule has 0 saturated heterocycles. The van der Waals surface area contributed by atoms with Crippen LogP contribution < -0.4 is 5.32 Å². The molecule has 1 aliphatic carbocycles. The Morgan fingerprint density at radius 3 is 2.74 bits per heavy atom.